The van der Waals surface area contributed by atoms with Crippen molar-refractivity contribution in [2.75, 3.05) is 0 Å². The van der Waals surface area contributed by atoms with Gasteiger partial charge in [-0.1, -0.05) is 44.4 Å². The Morgan fingerprint density at radius 2 is 2.00 bits per heavy atom. The van der Waals surface area contributed by atoms with Crippen molar-refractivity contribution in [3.8, 4) is 0 Å². The summed E-state index contributed by atoms with van der Waals surface area (Å²) < 4.78 is 12.8. The molecule has 2 rings (SSSR count). The van der Waals surface area contributed by atoms with Gasteiger partial charge in [-0.05, 0) is 30.7 Å². The van der Waals surface area contributed by atoms with E-state index in [0.29, 0.717) is 10.9 Å². The molecule has 1 fully saturated rings. The van der Waals surface area contributed by atoms with Crippen LogP contribution in [0.1, 0.15) is 39.0 Å². The lowest BCUT2D eigenvalue weighted by Gasteiger charge is -2.03. The van der Waals surface area contributed by atoms with Crippen molar-refractivity contribution in [3.63, 3.8) is 0 Å². The highest BCUT2D eigenvalue weighted by Gasteiger charge is 2.29. The van der Waals surface area contributed by atoms with E-state index in [1.54, 1.807) is 12.1 Å². The molecule has 1 atom stereocenters. The van der Waals surface area contributed by atoms with Gasteiger partial charge < -0.3 is 5.32 Å². The third-order valence-corrected chi connectivity index (χ3v) is 4.30. The van der Waals surface area contributed by atoms with Crippen LogP contribution >= 0.6 is 11.8 Å². The Labute approximate surface area is 123 Å². The molecule has 0 saturated carbocycles. The fourth-order valence-electron chi connectivity index (χ4n) is 2.04. The van der Waals surface area contributed by atoms with Crippen LogP contribution in [0, 0.1) is 5.82 Å². The van der Waals surface area contributed by atoms with Crippen LogP contribution in [-0.2, 0) is 4.79 Å². The van der Waals surface area contributed by atoms with Gasteiger partial charge in [-0.2, -0.15) is 0 Å². The predicted octanol–water partition coefficient (Wildman–Crippen LogP) is 4.02. The molecule has 108 valence electrons. The van der Waals surface area contributed by atoms with E-state index in [0.717, 1.165) is 12.8 Å². The minimum atomic E-state index is -0.286. The minimum absolute atomic E-state index is 0.0346. The molecule has 1 aromatic carbocycles. The summed E-state index contributed by atoms with van der Waals surface area (Å²) in [6.07, 6.45) is 5.55. The summed E-state index contributed by atoms with van der Waals surface area (Å²) in [6, 6.07) is 5.93. The van der Waals surface area contributed by atoms with Gasteiger partial charge in [-0.3, -0.25) is 4.79 Å². The molecule has 0 aromatic heterocycles. The number of amides is 1. The molecule has 0 aliphatic carbocycles. The molecule has 1 unspecified atom stereocenters. The molecule has 1 aliphatic rings. The number of aliphatic imine (C=N–C) groups is 1. The zero-order valence-electron chi connectivity index (χ0n) is 11.6. The second-order valence-electron chi connectivity index (χ2n) is 4.84. The largest absolute Gasteiger partial charge is 0.304 e. The first-order valence-corrected chi connectivity index (χ1v) is 7.89. The van der Waals surface area contributed by atoms with Crippen molar-refractivity contribution in [2.24, 2.45) is 4.99 Å². The van der Waals surface area contributed by atoms with Crippen LogP contribution in [0.5, 0.6) is 0 Å². The zero-order valence-corrected chi connectivity index (χ0v) is 12.4. The van der Waals surface area contributed by atoms with Gasteiger partial charge >= 0.3 is 0 Å². The van der Waals surface area contributed by atoms with E-state index in [2.05, 4.69) is 17.2 Å². The average Bonchev–Trinajstić information content (AvgIpc) is 2.78. The number of nitrogens with zero attached hydrogens (tertiary/aromatic N) is 1. The number of halogens is 1. The monoisotopic (exact) mass is 294 g/mol. The number of amidine groups is 1. The molecule has 20 heavy (non-hydrogen) atoms. The lowest BCUT2D eigenvalue weighted by molar-refractivity contribution is -0.118. The Morgan fingerprint density at radius 1 is 1.25 bits per heavy atom. The SMILES string of the molecule is CCCCCCC1SC(=Nc2ccc(F)cc2)NC1=O. The van der Waals surface area contributed by atoms with E-state index >= 15 is 0 Å². The molecule has 0 radical (unpaired) electrons. The zero-order chi connectivity index (χ0) is 14.4. The van der Waals surface area contributed by atoms with Gasteiger partial charge in [-0.25, -0.2) is 9.38 Å². The normalized spacial score (nSPS) is 20.4. The molecular formula is C15H19FN2OS. The predicted molar refractivity (Wildman–Crippen MR) is 81.8 cm³/mol. The van der Waals surface area contributed by atoms with Gasteiger partial charge in [0.05, 0.1) is 10.9 Å². The van der Waals surface area contributed by atoms with Crippen LogP contribution < -0.4 is 5.32 Å². The van der Waals surface area contributed by atoms with E-state index in [1.807, 2.05) is 0 Å². The number of unbranched alkanes of at least 4 members (excludes halogenated alkanes) is 3. The first kappa shape index (κ1) is 15.0. The van der Waals surface area contributed by atoms with E-state index in [-0.39, 0.29) is 17.0 Å². The highest BCUT2D eigenvalue weighted by atomic mass is 32.2. The maximum atomic E-state index is 12.8. The van der Waals surface area contributed by atoms with Crippen molar-refractivity contribution >= 4 is 28.5 Å². The summed E-state index contributed by atoms with van der Waals surface area (Å²) in [6.45, 7) is 2.17. The second-order valence-corrected chi connectivity index (χ2v) is 6.03. The van der Waals surface area contributed by atoms with Crippen LogP contribution in [0.2, 0.25) is 0 Å². The second kappa shape index (κ2) is 7.43. The number of nitrogens with one attached hydrogen (secondary N) is 1. The lowest BCUT2D eigenvalue weighted by atomic mass is 10.1. The standard InChI is InChI=1S/C15H19FN2OS/c1-2-3-4-5-6-13-14(19)18-15(20-13)17-12-9-7-11(16)8-10-12/h7-10,13H,2-6H2,1H3,(H,17,18,19). The third kappa shape index (κ3) is 4.34. The fraction of sp³-hybridized carbons (Fsp3) is 0.467. The van der Waals surface area contributed by atoms with Gasteiger partial charge in [0.2, 0.25) is 5.91 Å². The molecule has 5 heteroatoms. The van der Waals surface area contributed by atoms with Gasteiger partial charge in [0.1, 0.15) is 5.82 Å². The van der Waals surface area contributed by atoms with Crippen LogP contribution in [0.15, 0.2) is 29.3 Å². The number of hydrogen-bond acceptors (Lipinski definition) is 3. The first-order valence-electron chi connectivity index (χ1n) is 7.01. The Balaban J connectivity index is 1.89. The van der Waals surface area contributed by atoms with E-state index in [4.69, 9.17) is 0 Å². The van der Waals surface area contributed by atoms with Crippen molar-refractivity contribution < 1.29 is 9.18 Å². The van der Waals surface area contributed by atoms with Crippen LogP contribution in [0.3, 0.4) is 0 Å². The van der Waals surface area contributed by atoms with E-state index in [9.17, 15) is 9.18 Å². The van der Waals surface area contributed by atoms with Gasteiger partial charge in [0, 0.05) is 0 Å². The smallest absolute Gasteiger partial charge is 0.239 e. The molecule has 1 saturated heterocycles. The number of carbonyl (C=O) groups excluding carboxylic acids is 1. The van der Waals surface area contributed by atoms with Crippen molar-refractivity contribution in [1.82, 2.24) is 5.32 Å². The number of thioether (sulfide) groups is 1. The third-order valence-electron chi connectivity index (χ3n) is 3.15. The Hall–Kier alpha value is -1.36. The van der Waals surface area contributed by atoms with E-state index in [1.165, 1.54) is 43.2 Å². The maximum absolute atomic E-state index is 12.8. The van der Waals surface area contributed by atoms with Crippen molar-refractivity contribution in [3.05, 3.63) is 30.1 Å². The molecule has 1 amide bonds. The number of rotatable bonds is 6. The topological polar surface area (TPSA) is 41.5 Å². The molecule has 0 spiro atoms. The molecule has 0 bridgehead atoms. The van der Waals surface area contributed by atoms with Crippen molar-refractivity contribution in [1.29, 1.82) is 0 Å². The molecule has 1 aliphatic heterocycles. The fourth-order valence-corrected chi connectivity index (χ4v) is 3.07. The summed E-state index contributed by atoms with van der Waals surface area (Å²) in [5.74, 6) is -0.252. The highest BCUT2D eigenvalue weighted by molar-refractivity contribution is 8.15. The molecular weight excluding hydrogens is 275 g/mol. The lowest BCUT2D eigenvalue weighted by Crippen LogP contribution is -2.24. The van der Waals surface area contributed by atoms with Gasteiger partial charge in [-0.15, -0.1) is 0 Å². The van der Waals surface area contributed by atoms with Gasteiger partial charge in [0.25, 0.3) is 0 Å². The number of hydrogen-bond donors (Lipinski definition) is 1. The summed E-state index contributed by atoms with van der Waals surface area (Å²) in [4.78, 5) is 16.1. The van der Waals surface area contributed by atoms with Gasteiger partial charge in [0.15, 0.2) is 5.17 Å². The van der Waals surface area contributed by atoms with Crippen LogP contribution in [-0.4, -0.2) is 16.3 Å². The molecule has 1 aromatic rings. The molecule has 1 heterocycles. The maximum Gasteiger partial charge on any atom is 0.239 e. The summed E-state index contributed by atoms with van der Waals surface area (Å²) in [5.41, 5.74) is 0.654. The minimum Gasteiger partial charge on any atom is -0.304 e. The summed E-state index contributed by atoms with van der Waals surface area (Å²) in [7, 11) is 0. The van der Waals surface area contributed by atoms with Crippen LogP contribution in [0.25, 0.3) is 0 Å². The van der Waals surface area contributed by atoms with Crippen molar-refractivity contribution in [2.45, 2.75) is 44.3 Å². The number of carbonyl (C=O) groups is 1. The number of benzene rings is 1. The molecule has 3 nitrogen and oxygen atoms in total. The Bertz CT molecular complexity index is 487. The summed E-state index contributed by atoms with van der Waals surface area (Å²) >= 11 is 1.47. The highest BCUT2D eigenvalue weighted by Crippen LogP contribution is 2.26. The van der Waals surface area contributed by atoms with Crippen LogP contribution in [0.4, 0.5) is 10.1 Å². The van der Waals surface area contributed by atoms with E-state index < -0.39 is 0 Å². The Morgan fingerprint density at radius 3 is 2.70 bits per heavy atom. The first-order chi connectivity index (χ1) is 9.69. The summed E-state index contributed by atoms with van der Waals surface area (Å²) in [5, 5.41) is 3.37. The Kier molecular flexibility index (Phi) is 5.59. The molecule has 1 N–H and O–H groups in total. The average molecular weight is 294 g/mol. The quantitative estimate of drug-likeness (QED) is 0.805.